The van der Waals surface area contributed by atoms with Gasteiger partial charge in [-0.1, -0.05) is 36.7 Å². The molecule has 0 aromatic rings. The van der Waals surface area contributed by atoms with Gasteiger partial charge in [0.1, 0.15) is 0 Å². The van der Waals surface area contributed by atoms with Gasteiger partial charge in [0.05, 0.1) is 4.83 Å². The van der Waals surface area contributed by atoms with Crippen LogP contribution in [0.25, 0.3) is 0 Å². The molecule has 5 aliphatic rings. The van der Waals surface area contributed by atoms with Crippen molar-refractivity contribution in [3.8, 4) is 0 Å². The van der Waals surface area contributed by atoms with Crippen molar-refractivity contribution < 1.29 is 14.3 Å². The van der Waals surface area contributed by atoms with Crippen LogP contribution in [0, 0.1) is 34.5 Å². The summed E-state index contributed by atoms with van der Waals surface area (Å²) in [5.41, 5.74) is 0.599. The molecule has 2 heterocycles. The Hall–Kier alpha value is -0.580. The third-order valence-corrected chi connectivity index (χ3v) is 10.3. The number of hydrogen-bond donors (Lipinski definition) is 0. The molecule has 5 heteroatoms. The van der Waals surface area contributed by atoms with Crippen LogP contribution in [0.4, 0.5) is 0 Å². The molecule has 0 aromatic heterocycles. The Morgan fingerprint density at radius 1 is 1.04 bits per heavy atom. The fourth-order valence-corrected chi connectivity index (χ4v) is 9.03. The number of halogens is 1. The van der Waals surface area contributed by atoms with Crippen molar-refractivity contribution in [2.75, 3.05) is 0 Å². The molecule has 3 aliphatic carbocycles. The topological polar surface area (TPSA) is 46.6 Å². The molecule has 26 heavy (non-hydrogen) atoms. The zero-order chi connectivity index (χ0) is 18.4. The number of rotatable bonds is 0. The van der Waals surface area contributed by atoms with Gasteiger partial charge < -0.3 is 4.74 Å². The van der Waals surface area contributed by atoms with Crippen LogP contribution in [-0.4, -0.2) is 33.9 Å². The molecule has 9 unspecified atom stereocenters. The van der Waals surface area contributed by atoms with Gasteiger partial charge in [-0.25, -0.2) is 4.79 Å². The maximum Gasteiger partial charge on any atom is 0.399 e. The number of carbonyl (C=O) groups is 2. The lowest BCUT2D eigenvalue weighted by atomic mass is 9.47. The second-order valence-electron chi connectivity index (χ2n) is 10.2. The minimum Gasteiger partial charge on any atom is -0.433 e. The Morgan fingerprint density at radius 2 is 1.77 bits per heavy atom. The summed E-state index contributed by atoms with van der Waals surface area (Å²) in [5, 5.41) is 0. The Kier molecular flexibility index (Phi) is 3.69. The Morgan fingerprint density at radius 3 is 2.54 bits per heavy atom. The third kappa shape index (κ3) is 2.02. The van der Waals surface area contributed by atoms with Crippen molar-refractivity contribution in [3.05, 3.63) is 0 Å². The van der Waals surface area contributed by atoms with E-state index in [-0.39, 0.29) is 16.3 Å². The summed E-state index contributed by atoms with van der Waals surface area (Å²) >= 11 is 3.77. The molecule has 5 rings (SSSR count). The molecule has 9 atom stereocenters. The first kappa shape index (κ1) is 17.5. The van der Waals surface area contributed by atoms with E-state index in [9.17, 15) is 9.59 Å². The van der Waals surface area contributed by atoms with Crippen LogP contribution in [0.5, 0.6) is 0 Å². The van der Waals surface area contributed by atoms with E-state index in [1.165, 1.54) is 32.1 Å². The normalized spacial score (nSPS) is 55.7. The molecule has 0 aromatic carbocycles. The number of amides is 1. The SMILES string of the molecule is CC1CCC2C3CCC4N5C(=O)C(=O)OC5C(Br)CC4(C)C3CCC12C. The van der Waals surface area contributed by atoms with Crippen LogP contribution < -0.4 is 0 Å². The van der Waals surface area contributed by atoms with Crippen molar-refractivity contribution in [3.63, 3.8) is 0 Å². The fraction of sp³-hybridized carbons (Fsp3) is 0.905. The molecule has 4 nitrogen and oxygen atoms in total. The maximum absolute atomic E-state index is 12.5. The van der Waals surface area contributed by atoms with Crippen molar-refractivity contribution in [2.45, 2.75) is 82.8 Å². The Balaban J connectivity index is 1.50. The van der Waals surface area contributed by atoms with Crippen molar-refractivity contribution in [1.29, 1.82) is 0 Å². The zero-order valence-electron chi connectivity index (χ0n) is 16.0. The van der Waals surface area contributed by atoms with Crippen LogP contribution in [-0.2, 0) is 14.3 Å². The first-order chi connectivity index (χ1) is 12.3. The van der Waals surface area contributed by atoms with E-state index in [1.54, 1.807) is 0 Å². The van der Waals surface area contributed by atoms with E-state index in [0.29, 0.717) is 11.3 Å². The number of alkyl halides is 1. The Bertz CT molecular complexity index is 668. The lowest BCUT2D eigenvalue weighted by Crippen LogP contribution is -2.65. The van der Waals surface area contributed by atoms with Crippen LogP contribution in [0.3, 0.4) is 0 Å². The van der Waals surface area contributed by atoms with Crippen molar-refractivity contribution >= 4 is 27.8 Å². The molecule has 0 bridgehead atoms. The van der Waals surface area contributed by atoms with Crippen LogP contribution in [0.1, 0.15) is 65.7 Å². The summed E-state index contributed by atoms with van der Waals surface area (Å²) < 4.78 is 5.41. The van der Waals surface area contributed by atoms with Crippen LogP contribution in [0.15, 0.2) is 0 Å². The number of carbonyl (C=O) groups excluding carboxylic acids is 2. The number of nitrogens with zero attached hydrogens (tertiary/aromatic N) is 1. The highest BCUT2D eigenvalue weighted by molar-refractivity contribution is 9.09. The van der Waals surface area contributed by atoms with E-state index >= 15 is 0 Å². The van der Waals surface area contributed by atoms with Gasteiger partial charge in [0.2, 0.25) is 0 Å². The highest BCUT2D eigenvalue weighted by Gasteiger charge is 2.65. The molecule has 144 valence electrons. The number of hydrogen-bond acceptors (Lipinski definition) is 3. The van der Waals surface area contributed by atoms with Gasteiger partial charge in [0.15, 0.2) is 6.23 Å². The first-order valence-electron chi connectivity index (χ1n) is 10.4. The Labute approximate surface area is 164 Å². The average molecular weight is 424 g/mol. The summed E-state index contributed by atoms with van der Waals surface area (Å²) in [6, 6.07) is 0.157. The van der Waals surface area contributed by atoms with Gasteiger partial charge in [-0.15, -0.1) is 0 Å². The van der Waals surface area contributed by atoms with Gasteiger partial charge in [-0.3, -0.25) is 9.69 Å². The monoisotopic (exact) mass is 423 g/mol. The van der Waals surface area contributed by atoms with Crippen molar-refractivity contribution in [2.24, 2.45) is 34.5 Å². The van der Waals surface area contributed by atoms with Gasteiger partial charge in [-0.05, 0) is 79.4 Å². The highest BCUT2D eigenvalue weighted by atomic mass is 79.9. The third-order valence-electron chi connectivity index (χ3n) is 9.48. The summed E-state index contributed by atoms with van der Waals surface area (Å²) in [7, 11) is 0. The smallest absolute Gasteiger partial charge is 0.399 e. The van der Waals surface area contributed by atoms with E-state index in [1.807, 2.05) is 4.90 Å². The van der Waals surface area contributed by atoms with E-state index < -0.39 is 18.1 Å². The second kappa shape index (κ2) is 5.48. The highest BCUT2D eigenvalue weighted by Crippen LogP contribution is 2.66. The van der Waals surface area contributed by atoms with Crippen LogP contribution >= 0.6 is 15.9 Å². The summed E-state index contributed by atoms with van der Waals surface area (Å²) in [6.45, 7) is 7.40. The summed E-state index contributed by atoms with van der Waals surface area (Å²) in [5.74, 6) is 2.05. The number of ether oxygens (including phenoxy) is 1. The number of fused-ring (bicyclic) bond motifs is 7. The first-order valence-corrected chi connectivity index (χ1v) is 11.4. The zero-order valence-corrected chi connectivity index (χ0v) is 17.6. The standard InChI is InChI=1S/C21H30BrNO3/c1-11-4-6-13-12-5-7-16-21(3,14(12)8-9-20(11,13)2)10-15(22)18-23(16)17(24)19(25)26-18/h11-16,18H,4-10H2,1-3H3. The molecular formula is C21H30BrNO3. The molecule has 5 fully saturated rings. The van der Waals surface area contributed by atoms with Crippen molar-refractivity contribution in [1.82, 2.24) is 4.90 Å². The van der Waals surface area contributed by atoms with E-state index in [0.717, 1.165) is 30.6 Å². The van der Waals surface area contributed by atoms with E-state index in [4.69, 9.17) is 4.74 Å². The second-order valence-corrected chi connectivity index (χ2v) is 11.4. The molecule has 0 N–H and O–H groups in total. The van der Waals surface area contributed by atoms with E-state index in [2.05, 4.69) is 36.7 Å². The van der Waals surface area contributed by atoms with Gasteiger partial charge in [0, 0.05) is 6.04 Å². The minimum absolute atomic E-state index is 0.0497. The summed E-state index contributed by atoms with van der Waals surface area (Å²) in [6.07, 6.45) is 8.18. The fourth-order valence-electron chi connectivity index (χ4n) is 7.97. The molecule has 2 aliphatic heterocycles. The number of piperidine rings is 1. The predicted octanol–water partition coefficient (Wildman–Crippen LogP) is 4.11. The maximum atomic E-state index is 12.5. The molecule has 0 radical (unpaired) electrons. The minimum atomic E-state index is -0.660. The van der Waals surface area contributed by atoms with Gasteiger partial charge in [0.25, 0.3) is 0 Å². The lowest BCUT2D eigenvalue weighted by molar-refractivity contribution is -0.166. The largest absolute Gasteiger partial charge is 0.433 e. The van der Waals surface area contributed by atoms with Gasteiger partial charge in [-0.2, -0.15) is 0 Å². The van der Waals surface area contributed by atoms with Gasteiger partial charge >= 0.3 is 11.9 Å². The quantitative estimate of drug-likeness (QED) is 0.334. The molecule has 3 saturated carbocycles. The lowest BCUT2D eigenvalue weighted by Gasteiger charge is -2.62. The average Bonchev–Trinajstić information content (AvgIpc) is 3.05. The summed E-state index contributed by atoms with van der Waals surface area (Å²) in [4.78, 5) is 26.4. The number of esters is 1. The molecule has 0 spiro atoms. The molecular weight excluding hydrogens is 394 g/mol. The van der Waals surface area contributed by atoms with Crippen LogP contribution in [0.2, 0.25) is 0 Å². The molecule has 1 amide bonds. The molecule has 2 saturated heterocycles. The predicted molar refractivity (Wildman–Crippen MR) is 101 cm³/mol.